The van der Waals surface area contributed by atoms with Crippen molar-refractivity contribution in [1.29, 1.82) is 0 Å². The molecule has 1 aromatic carbocycles. The third-order valence-corrected chi connectivity index (χ3v) is 4.42. The van der Waals surface area contributed by atoms with Crippen molar-refractivity contribution in [3.8, 4) is 0 Å². The molecule has 0 fully saturated rings. The SMILES string of the molecule is Nc1cccc2c1CCCN2C(=O)c1csc([N+](=O)[O-])c1. The van der Waals surface area contributed by atoms with Crippen molar-refractivity contribution >= 4 is 33.6 Å². The minimum absolute atomic E-state index is 0.0249. The maximum Gasteiger partial charge on any atom is 0.324 e. The number of carbonyl (C=O) groups is 1. The first-order valence-electron chi connectivity index (χ1n) is 6.50. The van der Waals surface area contributed by atoms with Crippen LogP contribution >= 0.6 is 11.3 Å². The zero-order valence-electron chi connectivity index (χ0n) is 11.1. The van der Waals surface area contributed by atoms with E-state index in [1.807, 2.05) is 18.2 Å². The first kappa shape index (κ1) is 13.6. The number of anilines is 2. The van der Waals surface area contributed by atoms with E-state index >= 15 is 0 Å². The van der Waals surface area contributed by atoms with E-state index in [4.69, 9.17) is 5.73 Å². The maximum atomic E-state index is 12.6. The predicted molar refractivity (Wildman–Crippen MR) is 81.8 cm³/mol. The quantitative estimate of drug-likeness (QED) is 0.525. The molecule has 0 bridgehead atoms. The van der Waals surface area contributed by atoms with Gasteiger partial charge in [-0.15, -0.1) is 0 Å². The average Bonchev–Trinajstić information content (AvgIpc) is 2.96. The molecule has 2 N–H and O–H groups in total. The summed E-state index contributed by atoms with van der Waals surface area (Å²) >= 11 is 0.963. The molecule has 0 atom stereocenters. The highest BCUT2D eigenvalue weighted by molar-refractivity contribution is 7.13. The van der Waals surface area contributed by atoms with Crippen molar-refractivity contribution in [1.82, 2.24) is 0 Å². The number of amides is 1. The van der Waals surface area contributed by atoms with Crippen LogP contribution in [0.3, 0.4) is 0 Å². The molecule has 3 rings (SSSR count). The van der Waals surface area contributed by atoms with Gasteiger partial charge >= 0.3 is 5.00 Å². The van der Waals surface area contributed by atoms with Gasteiger partial charge in [0.2, 0.25) is 0 Å². The van der Waals surface area contributed by atoms with Gasteiger partial charge in [0.25, 0.3) is 5.91 Å². The largest absolute Gasteiger partial charge is 0.398 e. The van der Waals surface area contributed by atoms with Crippen LogP contribution in [0.15, 0.2) is 29.6 Å². The molecular weight excluding hydrogens is 290 g/mol. The van der Waals surface area contributed by atoms with Gasteiger partial charge in [-0.25, -0.2) is 0 Å². The van der Waals surface area contributed by atoms with Gasteiger partial charge in [0.05, 0.1) is 10.5 Å². The number of nitro groups is 1. The number of benzene rings is 1. The number of hydrogen-bond donors (Lipinski definition) is 1. The van der Waals surface area contributed by atoms with E-state index in [2.05, 4.69) is 0 Å². The van der Waals surface area contributed by atoms with Gasteiger partial charge in [0.15, 0.2) is 0 Å². The van der Waals surface area contributed by atoms with Crippen LogP contribution < -0.4 is 10.6 Å². The minimum Gasteiger partial charge on any atom is -0.398 e. The van der Waals surface area contributed by atoms with Crippen LogP contribution in [0.1, 0.15) is 22.3 Å². The molecule has 1 aromatic heterocycles. The van der Waals surface area contributed by atoms with E-state index in [1.165, 1.54) is 11.4 Å². The summed E-state index contributed by atoms with van der Waals surface area (Å²) < 4.78 is 0. The van der Waals surface area contributed by atoms with E-state index in [-0.39, 0.29) is 10.9 Å². The summed E-state index contributed by atoms with van der Waals surface area (Å²) in [5.74, 6) is -0.217. The van der Waals surface area contributed by atoms with E-state index in [0.717, 1.165) is 35.4 Å². The van der Waals surface area contributed by atoms with Gasteiger partial charge in [-0.1, -0.05) is 17.4 Å². The molecule has 1 amide bonds. The Morgan fingerprint density at radius 3 is 2.95 bits per heavy atom. The molecule has 0 saturated heterocycles. The minimum atomic E-state index is -0.483. The molecular formula is C14H13N3O3S. The van der Waals surface area contributed by atoms with Crippen LogP contribution in [0.4, 0.5) is 16.4 Å². The molecule has 2 heterocycles. The van der Waals surface area contributed by atoms with Gasteiger partial charge < -0.3 is 10.6 Å². The molecule has 0 saturated carbocycles. The second kappa shape index (κ2) is 5.17. The Morgan fingerprint density at radius 2 is 2.24 bits per heavy atom. The number of carbonyl (C=O) groups excluding carboxylic acids is 1. The van der Waals surface area contributed by atoms with E-state index < -0.39 is 4.92 Å². The average molecular weight is 303 g/mol. The summed E-state index contributed by atoms with van der Waals surface area (Å²) in [7, 11) is 0. The monoisotopic (exact) mass is 303 g/mol. The Balaban J connectivity index is 1.96. The molecule has 0 unspecified atom stereocenters. The standard InChI is InChI=1S/C14H13N3O3S/c15-11-4-1-5-12-10(11)3-2-6-16(12)14(18)9-7-13(17(19)20)21-8-9/h1,4-5,7-8H,2-3,6,15H2. The third-order valence-electron chi connectivity index (χ3n) is 3.54. The Labute approximate surface area is 124 Å². The van der Waals surface area contributed by atoms with E-state index in [9.17, 15) is 14.9 Å². The van der Waals surface area contributed by atoms with Crippen LogP contribution in [0.2, 0.25) is 0 Å². The van der Waals surface area contributed by atoms with Crippen LogP contribution in [-0.4, -0.2) is 17.4 Å². The highest BCUT2D eigenvalue weighted by Crippen LogP contribution is 2.33. The van der Waals surface area contributed by atoms with Gasteiger partial charge in [-0.2, -0.15) is 0 Å². The highest BCUT2D eigenvalue weighted by atomic mass is 32.1. The Hall–Kier alpha value is -2.41. The lowest BCUT2D eigenvalue weighted by molar-refractivity contribution is -0.380. The predicted octanol–water partition coefficient (Wildman–Crippen LogP) is 2.83. The fourth-order valence-electron chi connectivity index (χ4n) is 2.55. The van der Waals surface area contributed by atoms with Crippen LogP contribution in [0.25, 0.3) is 0 Å². The Kier molecular flexibility index (Phi) is 3.34. The summed E-state index contributed by atoms with van der Waals surface area (Å²) in [5.41, 5.74) is 8.77. The molecule has 0 aliphatic carbocycles. The second-order valence-electron chi connectivity index (χ2n) is 4.84. The molecule has 1 aliphatic heterocycles. The van der Waals surface area contributed by atoms with Gasteiger partial charge in [0.1, 0.15) is 0 Å². The molecule has 7 heteroatoms. The Bertz CT molecular complexity index is 726. The fourth-order valence-corrected chi connectivity index (χ4v) is 3.25. The number of nitrogen functional groups attached to an aromatic ring is 1. The lowest BCUT2D eigenvalue weighted by Crippen LogP contribution is -2.35. The molecule has 1 aliphatic rings. The summed E-state index contributed by atoms with van der Waals surface area (Å²) in [6.45, 7) is 0.596. The Morgan fingerprint density at radius 1 is 1.43 bits per heavy atom. The summed E-state index contributed by atoms with van der Waals surface area (Å²) in [5, 5.41) is 12.2. The molecule has 2 aromatic rings. The first-order chi connectivity index (χ1) is 10.1. The topological polar surface area (TPSA) is 89.5 Å². The van der Waals surface area contributed by atoms with Crippen molar-refractivity contribution in [3.05, 3.63) is 50.9 Å². The number of rotatable bonds is 2. The second-order valence-corrected chi connectivity index (χ2v) is 5.73. The van der Waals surface area contributed by atoms with Gasteiger partial charge in [-0.05, 0) is 30.5 Å². The summed E-state index contributed by atoms with van der Waals surface area (Å²) in [4.78, 5) is 24.5. The number of nitrogens with zero attached hydrogens (tertiary/aromatic N) is 2. The van der Waals surface area contributed by atoms with Crippen molar-refractivity contribution in [2.24, 2.45) is 0 Å². The van der Waals surface area contributed by atoms with Crippen molar-refractivity contribution in [2.75, 3.05) is 17.2 Å². The molecule has 0 radical (unpaired) electrons. The zero-order chi connectivity index (χ0) is 15.0. The number of hydrogen-bond acceptors (Lipinski definition) is 5. The first-order valence-corrected chi connectivity index (χ1v) is 7.38. The summed E-state index contributed by atoms with van der Waals surface area (Å²) in [6.07, 6.45) is 1.68. The van der Waals surface area contributed by atoms with E-state index in [0.29, 0.717) is 17.8 Å². The van der Waals surface area contributed by atoms with Gasteiger partial charge in [0, 0.05) is 29.4 Å². The highest BCUT2D eigenvalue weighted by Gasteiger charge is 2.26. The smallest absolute Gasteiger partial charge is 0.324 e. The van der Waals surface area contributed by atoms with Gasteiger partial charge in [-0.3, -0.25) is 14.9 Å². The number of nitrogens with two attached hydrogens (primary N) is 1. The van der Waals surface area contributed by atoms with Crippen molar-refractivity contribution in [3.63, 3.8) is 0 Å². The lowest BCUT2D eigenvalue weighted by atomic mass is 9.99. The van der Waals surface area contributed by atoms with Crippen LogP contribution in [-0.2, 0) is 6.42 Å². The lowest BCUT2D eigenvalue weighted by Gasteiger charge is -2.30. The van der Waals surface area contributed by atoms with E-state index in [1.54, 1.807) is 4.90 Å². The molecule has 0 spiro atoms. The molecule has 6 nitrogen and oxygen atoms in total. The normalized spacial score (nSPS) is 13.8. The molecule has 21 heavy (non-hydrogen) atoms. The summed E-state index contributed by atoms with van der Waals surface area (Å²) in [6, 6.07) is 6.83. The van der Waals surface area contributed by atoms with Crippen molar-refractivity contribution in [2.45, 2.75) is 12.8 Å². The number of fused-ring (bicyclic) bond motifs is 1. The zero-order valence-corrected chi connectivity index (χ0v) is 11.9. The number of thiophene rings is 1. The third kappa shape index (κ3) is 2.36. The van der Waals surface area contributed by atoms with Crippen LogP contribution in [0, 0.1) is 10.1 Å². The fraction of sp³-hybridized carbons (Fsp3) is 0.214. The molecule has 108 valence electrons. The van der Waals surface area contributed by atoms with Crippen LogP contribution in [0.5, 0.6) is 0 Å². The van der Waals surface area contributed by atoms with Crippen molar-refractivity contribution < 1.29 is 9.72 Å². The maximum absolute atomic E-state index is 12.6.